The Morgan fingerprint density at radius 3 is 2.00 bits per heavy atom. The molecule has 3 nitrogen and oxygen atoms in total. The fourth-order valence-corrected chi connectivity index (χ4v) is 6.22. The van der Waals surface area contributed by atoms with Crippen LogP contribution in [0.4, 0.5) is 0 Å². The summed E-state index contributed by atoms with van der Waals surface area (Å²) in [5.74, 6) is 0. The predicted octanol–water partition coefficient (Wildman–Crippen LogP) is 6.65. The molecule has 0 unspecified atom stereocenters. The standard InChI is InChI=1S/C27H19NO2S/c1-18-15-19-16-27-25(17-24(19)22-12-6-5-11-21(18)22)23-13-7-8-14-26(23)28(27)31(29,30)20-9-3-2-4-10-20/h2-17H,1H3. The van der Waals surface area contributed by atoms with E-state index in [-0.39, 0.29) is 4.90 Å². The first-order valence-electron chi connectivity index (χ1n) is 10.2. The van der Waals surface area contributed by atoms with Crippen LogP contribution in [0.5, 0.6) is 0 Å². The van der Waals surface area contributed by atoms with E-state index >= 15 is 0 Å². The van der Waals surface area contributed by atoms with Gasteiger partial charge in [-0.2, -0.15) is 0 Å². The number of fused-ring (bicyclic) bond motifs is 6. The van der Waals surface area contributed by atoms with Gasteiger partial charge in [-0.1, -0.05) is 66.7 Å². The van der Waals surface area contributed by atoms with Crippen LogP contribution in [-0.2, 0) is 10.0 Å². The topological polar surface area (TPSA) is 39.1 Å². The van der Waals surface area contributed by atoms with E-state index in [1.807, 2.05) is 36.4 Å². The van der Waals surface area contributed by atoms with Gasteiger partial charge in [0.15, 0.2) is 0 Å². The molecule has 6 aromatic rings. The van der Waals surface area contributed by atoms with Gasteiger partial charge in [-0.05, 0) is 64.4 Å². The number of aromatic nitrogens is 1. The highest BCUT2D eigenvalue weighted by Crippen LogP contribution is 2.37. The average Bonchev–Trinajstić information content (AvgIpc) is 3.13. The van der Waals surface area contributed by atoms with Gasteiger partial charge in [-0.25, -0.2) is 12.4 Å². The normalized spacial score (nSPS) is 12.3. The van der Waals surface area contributed by atoms with E-state index in [0.717, 1.165) is 21.5 Å². The molecule has 0 aliphatic heterocycles. The lowest BCUT2D eigenvalue weighted by Gasteiger charge is -2.11. The van der Waals surface area contributed by atoms with Gasteiger partial charge >= 0.3 is 0 Å². The Hall–Kier alpha value is -3.63. The highest BCUT2D eigenvalue weighted by molar-refractivity contribution is 7.90. The Bertz CT molecular complexity index is 1750. The SMILES string of the molecule is Cc1cc2cc3c(cc2c2ccccc12)c1ccccc1n3S(=O)(=O)c1ccccc1. The van der Waals surface area contributed by atoms with E-state index in [9.17, 15) is 8.42 Å². The second-order valence-corrected chi connectivity index (χ2v) is 9.72. The highest BCUT2D eigenvalue weighted by atomic mass is 32.2. The van der Waals surface area contributed by atoms with Gasteiger partial charge in [0.2, 0.25) is 0 Å². The number of rotatable bonds is 2. The fourth-order valence-electron chi connectivity index (χ4n) is 4.68. The molecular weight excluding hydrogens is 402 g/mol. The molecule has 0 radical (unpaired) electrons. The van der Waals surface area contributed by atoms with Crippen molar-refractivity contribution < 1.29 is 8.42 Å². The molecule has 0 aliphatic rings. The van der Waals surface area contributed by atoms with Gasteiger partial charge < -0.3 is 0 Å². The Labute approximate surface area is 180 Å². The molecule has 0 aliphatic carbocycles. The van der Waals surface area contributed by atoms with E-state index in [0.29, 0.717) is 11.0 Å². The van der Waals surface area contributed by atoms with E-state index in [4.69, 9.17) is 0 Å². The van der Waals surface area contributed by atoms with Crippen molar-refractivity contribution in [1.82, 2.24) is 3.97 Å². The van der Waals surface area contributed by atoms with Crippen LogP contribution in [0.1, 0.15) is 5.56 Å². The molecule has 0 fully saturated rings. The molecule has 4 heteroatoms. The van der Waals surface area contributed by atoms with E-state index in [2.05, 4.69) is 43.3 Å². The van der Waals surface area contributed by atoms with Crippen LogP contribution >= 0.6 is 0 Å². The molecule has 0 bridgehead atoms. The van der Waals surface area contributed by atoms with Crippen molar-refractivity contribution in [2.75, 3.05) is 0 Å². The second-order valence-electron chi connectivity index (χ2n) is 7.93. The maximum absolute atomic E-state index is 13.7. The first kappa shape index (κ1) is 18.2. The van der Waals surface area contributed by atoms with Crippen LogP contribution in [0.3, 0.4) is 0 Å². The molecule has 150 valence electrons. The molecule has 0 amide bonds. The first-order valence-corrected chi connectivity index (χ1v) is 11.7. The predicted molar refractivity (Wildman–Crippen MR) is 128 cm³/mol. The summed E-state index contributed by atoms with van der Waals surface area (Å²) < 4.78 is 28.9. The molecule has 0 N–H and O–H groups in total. The molecule has 6 rings (SSSR count). The van der Waals surface area contributed by atoms with Crippen molar-refractivity contribution in [3.63, 3.8) is 0 Å². The van der Waals surface area contributed by atoms with Crippen LogP contribution in [0.2, 0.25) is 0 Å². The van der Waals surface area contributed by atoms with Gasteiger partial charge in [0, 0.05) is 10.8 Å². The van der Waals surface area contributed by atoms with Gasteiger partial charge in [0.25, 0.3) is 10.0 Å². The molecule has 0 saturated carbocycles. The van der Waals surface area contributed by atoms with Crippen molar-refractivity contribution in [1.29, 1.82) is 0 Å². The maximum atomic E-state index is 13.7. The molecule has 5 aromatic carbocycles. The van der Waals surface area contributed by atoms with E-state index in [1.165, 1.54) is 20.3 Å². The lowest BCUT2D eigenvalue weighted by Crippen LogP contribution is -2.12. The highest BCUT2D eigenvalue weighted by Gasteiger charge is 2.23. The number of benzene rings is 5. The molecule has 1 aromatic heterocycles. The van der Waals surface area contributed by atoms with Gasteiger partial charge in [0.1, 0.15) is 0 Å². The van der Waals surface area contributed by atoms with E-state index < -0.39 is 10.0 Å². The first-order chi connectivity index (χ1) is 15.1. The Balaban J connectivity index is 1.82. The third kappa shape index (κ3) is 2.55. The largest absolute Gasteiger partial charge is 0.268 e. The number of nitrogens with zero attached hydrogens (tertiary/aromatic N) is 1. The molecule has 31 heavy (non-hydrogen) atoms. The van der Waals surface area contributed by atoms with Gasteiger partial charge in [0.05, 0.1) is 15.9 Å². The maximum Gasteiger partial charge on any atom is 0.268 e. The average molecular weight is 422 g/mol. The van der Waals surface area contributed by atoms with Crippen LogP contribution < -0.4 is 0 Å². The second kappa shape index (κ2) is 6.43. The number of para-hydroxylation sites is 1. The number of hydrogen-bond acceptors (Lipinski definition) is 2. The van der Waals surface area contributed by atoms with Gasteiger partial charge in [-0.3, -0.25) is 0 Å². The monoisotopic (exact) mass is 421 g/mol. The minimum atomic E-state index is -3.75. The fraction of sp³-hybridized carbons (Fsp3) is 0.0370. The van der Waals surface area contributed by atoms with Crippen LogP contribution in [0.25, 0.3) is 43.4 Å². The minimum Gasteiger partial charge on any atom is -0.233 e. The van der Waals surface area contributed by atoms with Crippen molar-refractivity contribution in [3.05, 3.63) is 103 Å². The summed E-state index contributed by atoms with van der Waals surface area (Å²) in [6.45, 7) is 2.10. The smallest absolute Gasteiger partial charge is 0.233 e. The summed E-state index contributed by atoms with van der Waals surface area (Å²) in [5.41, 5.74) is 2.57. The van der Waals surface area contributed by atoms with Crippen LogP contribution in [-0.4, -0.2) is 12.4 Å². The molecular formula is C27H19NO2S. The number of hydrogen-bond donors (Lipinski definition) is 0. The van der Waals surface area contributed by atoms with Gasteiger partial charge in [-0.15, -0.1) is 0 Å². The summed E-state index contributed by atoms with van der Waals surface area (Å²) in [5, 5.41) is 6.45. The summed E-state index contributed by atoms with van der Waals surface area (Å²) in [6, 6.07) is 31.0. The Morgan fingerprint density at radius 2 is 1.23 bits per heavy atom. The van der Waals surface area contributed by atoms with Crippen molar-refractivity contribution >= 4 is 53.4 Å². The molecule has 0 atom stereocenters. The summed E-state index contributed by atoms with van der Waals surface area (Å²) in [6.07, 6.45) is 0. The zero-order valence-electron chi connectivity index (χ0n) is 16.9. The number of aryl methyl sites for hydroxylation is 1. The van der Waals surface area contributed by atoms with E-state index in [1.54, 1.807) is 24.3 Å². The summed E-state index contributed by atoms with van der Waals surface area (Å²) in [4.78, 5) is 0.285. The third-order valence-electron chi connectivity index (χ3n) is 6.10. The van der Waals surface area contributed by atoms with Crippen molar-refractivity contribution in [3.8, 4) is 0 Å². The Kier molecular flexibility index (Phi) is 3.77. The van der Waals surface area contributed by atoms with Crippen molar-refractivity contribution in [2.45, 2.75) is 11.8 Å². The zero-order valence-corrected chi connectivity index (χ0v) is 17.7. The summed E-state index contributed by atoms with van der Waals surface area (Å²) in [7, 11) is -3.75. The lowest BCUT2D eigenvalue weighted by molar-refractivity contribution is 0.590. The molecule has 0 spiro atoms. The quantitative estimate of drug-likeness (QED) is 0.294. The van der Waals surface area contributed by atoms with Crippen molar-refractivity contribution in [2.24, 2.45) is 0 Å². The minimum absolute atomic E-state index is 0.285. The Morgan fingerprint density at radius 1 is 0.581 bits per heavy atom. The third-order valence-corrected chi connectivity index (χ3v) is 7.84. The zero-order chi connectivity index (χ0) is 21.2. The molecule has 0 saturated heterocycles. The van der Waals surface area contributed by atoms with Crippen LogP contribution in [0.15, 0.2) is 102 Å². The molecule has 1 heterocycles. The van der Waals surface area contributed by atoms with Crippen LogP contribution in [0, 0.1) is 6.92 Å². The lowest BCUT2D eigenvalue weighted by atomic mass is 9.96. The summed E-state index contributed by atoms with van der Waals surface area (Å²) >= 11 is 0.